The van der Waals surface area contributed by atoms with Gasteiger partial charge in [-0.1, -0.05) is 23.8 Å². The highest BCUT2D eigenvalue weighted by molar-refractivity contribution is 7.80. The monoisotopic (exact) mass is 515 g/mol. The highest BCUT2D eigenvalue weighted by atomic mass is 35.5. The number of nitrogens with one attached hydrogen (secondary N) is 1. The number of ketones is 1. The maximum absolute atomic E-state index is 13.3. The number of Topliss-reactive ketones (excluding diaryl/α,β-unsaturated/α-hetero) is 1. The van der Waals surface area contributed by atoms with Crippen LogP contribution in [0, 0.1) is 24.7 Å². The molecular weight excluding hydrogens is 486 g/mol. The first-order chi connectivity index (χ1) is 16.4. The summed E-state index contributed by atoms with van der Waals surface area (Å²) in [5.41, 5.74) is 3.47. The molecule has 2 heterocycles. The topological polar surface area (TPSA) is 72.0 Å². The summed E-state index contributed by atoms with van der Waals surface area (Å²) in [7, 11) is 0. The van der Waals surface area contributed by atoms with E-state index < -0.39 is 0 Å². The fraction of sp³-hybridized carbons (Fsp3) is 0.577. The number of fused-ring (bicyclic) bond motifs is 1. The van der Waals surface area contributed by atoms with Crippen molar-refractivity contribution in [2.24, 2.45) is 17.8 Å². The molecule has 1 amide bonds. The molecule has 34 heavy (non-hydrogen) atoms. The minimum atomic E-state index is 0.00735. The number of halogens is 1. The van der Waals surface area contributed by atoms with Gasteiger partial charge in [0.2, 0.25) is 0 Å². The Morgan fingerprint density at radius 1 is 1.18 bits per heavy atom. The average Bonchev–Trinajstić information content (AvgIpc) is 3.71. The van der Waals surface area contributed by atoms with Gasteiger partial charge >= 0.3 is 0 Å². The van der Waals surface area contributed by atoms with E-state index in [1.807, 2.05) is 6.92 Å². The summed E-state index contributed by atoms with van der Waals surface area (Å²) in [6, 6.07) is 0. The van der Waals surface area contributed by atoms with Gasteiger partial charge in [-0.25, -0.2) is 4.98 Å². The third-order valence-electron chi connectivity index (χ3n) is 7.08. The van der Waals surface area contributed by atoms with Gasteiger partial charge in [0.05, 0.1) is 17.0 Å². The van der Waals surface area contributed by atoms with Crippen LogP contribution in [0.3, 0.4) is 0 Å². The predicted molar refractivity (Wildman–Crippen MR) is 139 cm³/mol. The Bertz CT molecular complexity index is 1140. The van der Waals surface area contributed by atoms with Crippen LogP contribution in [0.4, 0.5) is 0 Å². The van der Waals surface area contributed by atoms with E-state index in [1.54, 1.807) is 17.5 Å². The van der Waals surface area contributed by atoms with Gasteiger partial charge in [0.25, 0.3) is 5.91 Å². The van der Waals surface area contributed by atoms with Crippen LogP contribution in [-0.4, -0.2) is 33.1 Å². The first-order valence-corrected chi connectivity index (χ1v) is 13.9. The molecule has 180 valence electrons. The summed E-state index contributed by atoms with van der Waals surface area (Å²) < 4.78 is 0. The zero-order chi connectivity index (χ0) is 23.8. The van der Waals surface area contributed by atoms with Gasteiger partial charge < -0.3 is 5.32 Å². The van der Waals surface area contributed by atoms with Crippen molar-refractivity contribution >= 4 is 51.7 Å². The lowest BCUT2D eigenvalue weighted by atomic mass is 9.82. The van der Waals surface area contributed by atoms with Crippen LogP contribution in [0.15, 0.2) is 6.20 Å². The summed E-state index contributed by atoms with van der Waals surface area (Å²) in [6.45, 7) is 2.61. The van der Waals surface area contributed by atoms with E-state index in [9.17, 15) is 9.59 Å². The minimum Gasteiger partial charge on any atom is -0.352 e. The van der Waals surface area contributed by atoms with Gasteiger partial charge in [0, 0.05) is 41.3 Å². The van der Waals surface area contributed by atoms with Crippen molar-refractivity contribution < 1.29 is 9.59 Å². The highest BCUT2D eigenvalue weighted by Gasteiger charge is 2.34. The normalized spacial score (nSPS) is 19.5. The van der Waals surface area contributed by atoms with Gasteiger partial charge in [0.15, 0.2) is 5.15 Å². The maximum Gasteiger partial charge on any atom is 0.252 e. The first-order valence-electron chi connectivity index (χ1n) is 12.3. The summed E-state index contributed by atoms with van der Waals surface area (Å²) in [5.74, 6) is 1.52. The van der Waals surface area contributed by atoms with E-state index in [0.717, 1.165) is 77.3 Å². The van der Waals surface area contributed by atoms with Gasteiger partial charge in [-0.3, -0.25) is 14.6 Å². The molecule has 1 N–H and O–H groups in total. The molecule has 3 aliphatic rings. The molecule has 0 spiro atoms. The lowest BCUT2D eigenvalue weighted by molar-refractivity contribution is -0.119. The summed E-state index contributed by atoms with van der Waals surface area (Å²) in [4.78, 5) is 37.7. The Morgan fingerprint density at radius 3 is 2.68 bits per heavy atom. The van der Waals surface area contributed by atoms with Crippen LogP contribution in [0.5, 0.6) is 0 Å². The van der Waals surface area contributed by atoms with E-state index in [0.29, 0.717) is 35.6 Å². The van der Waals surface area contributed by atoms with Crippen LogP contribution in [0.1, 0.15) is 75.6 Å². The van der Waals surface area contributed by atoms with Gasteiger partial charge in [-0.2, -0.15) is 0 Å². The van der Waals surface area contributed by atoms with Crippen LogP contribution in [0.2, 0.25) is 5.15 Å². The lowest BCUT2D eigenvalue weighted by Gasteiger charge is -2.23. The lowest BCUT2D eigenvalue weighted by Crippen LogP contribution is -2.28. The number of hydrogen-bond acceptors (Lipinski definition) is 6. The molecule has 5 rings (SSSR count). The largest absolute Gasteiger partial charge is 0.352 e. The molecule has 8 heteroatoms. The zero-order valence-electron chi connectivity index (χ0n) is 19.5. The van der Waals surface area contributed by atoms with Crippen molar-refractivity contribution in [3.63, 3.8) is 0 Å². The molecule has 2 aromatic rings. The molecule has 2 aromatic heterocycles. The first kappa shape index (κ1) is 24.0. The Hall–Kier alpha value is -1.70. The Labute approximate surface area is 215 Å². The standard InChI is InChI=1S/C26H30ClN3O2S2/c1-14-12-28-20(25(27)30-14)10-18(33)8-16-4-7-22-19(9-16)24(26(32)29-13-15-2-3-15)23(34-22)11-21(31)17-5-6-17/h12,15-17H,2-11,13H2,1H3,(H,29,32)/t16-/m1/s1. The molecular formula is C26H30ClN3O2S2. The number of thiocarbonyl (C=S) groups is 1. The van der Waals surface area contributed by atoms with Crippen LogP contribution >= 0.6 is 35.2 Å². The van der Waals surface area contributed by atoms with Crippen molar-refractivity contribution in [3.05, 3.63) is 43.6 Å². The molecule has 0 bridgehead atoms. The minimum absolute atomic E-state index is 0.00735. The van der Waals surface area contributed by atoms with E-state index in [-0.39, 0.29) is 11.8 Å². The van der Waals surface area contributed by atoms with Crippen molar-refractivity contribution in [2.75, 3.05) is 6.54 Å². The van der Waals surface area contributed by atoms with Crippen LogP contribution < -0.4 is 5.32 Å². The second-order valence-electron chi connectivity index (χ2n) is 10.2. The number of hydrogen-bond donors (Lipinski definition) is 1. The van der Waals surface area contributed by atoms with Crippen molar-refractivity contribution in [1.29, 1.82) is 0 Å². The second-order valence-corrected chi connectivity index (χ2v) is 12.3. The number of carbonyl (C=O) groups is 2. The van der Waals surface area contributed by atoms with Crippen LogP contribution in [0.25, 0.3) is 0 Å². The molecule has 0 saturated heterocycles. The molecule has 0 radical (unpaired) electrons. The Morgan fingerprint density at radius 2 is 1.97 bits per heavy atom. The molecule has 0 aromatic carbocycles. The molecule has 0 aliphatic heterocycles. The predicted octanol–water partition coefficient (Wildman–Crippen LogP) is 5.27. The number of nitrogens with zero attached hydrogens (tertiary/aromatic N) is 2. The molecule has 0 unspecified atom stereocenters. The quantitative estimate of drug-likeness (QED) is 0.436. The zero-order valence-corrected chi connectivity index (χ0v) is 21.9. The van der Waals surface area contributed by atoms with E-state index in [2.05, 4.69) is 15.3 Å². The van der Waals surface area contributed by atoms with E-state index in [4.69, 9.17) is 23.8 Å². The Balaban J connectivity index is 1.30. The molecule has 1 atom stereocenters. The molecule has 2 saturated carbocycles. The number of amides is 1. The smallest absolute Gasteiger partial charge is 0.252 e. The van der Waals surface area contributed by atoms with Crippen molar-refractivity contribution in [2.45, 2.75) is 71.1 Å². The van der Waals surface area contributed by atoms with Gasteiger partial charge in [0.1, 0.15) is 5.78 Å². The molecule has 5 nitrogen and oxygen atoms in total. The van der Waals surface area contributed by atoms with Gasteiger partial charge in [-0.15, -0.1) is 11.3 Å². The number of aryl methyl sites for hydroxylation is 2. The fourth-order valence-corrected chi connectivity index (χ4v) is 6.78. The van der Waals surface area contributed by atoms with E-state index >= 15 is 0 Å². The maximum atomic E-state index is 13.3. The number of aromatic nitrogens is 2. The second kappa shape index (κ2) is 10.1. The number of thiophene rings is 1. The highest BCUT2D eigenvalue weighted by Crippen LogP contribution is 2.40. The number of rotatable bonds is 10. The molecule has 3 aliphatic carbocycles. The van der Waals surface area contributed by atoms with E-state index in [1.165, 1.54) is 17.7 Å². The average molecular weight is 516 g/mol. The van der Waals surface area contributed by atoms with Crippen molar-refractivity contribution in [3.8, 4) is 0 Å². The third-order valence-corrected chi connectivity index (χ3v) is 8.99. The molecule has 2 fully saturated rings. The summed E-state index contributed by atoms with van der Waals surface area (Å²) >= 11 is 13.7. The summed E-state index contributed by atoms with van der Waals surface area (Å²) in [6.07, 6.45) is 10.7. The summed E-state index contributed by atoms with van der Waals surface area (Å²) in [5, 5.41) is 3.58. The Kier molecular flexibility index (Phi) is 7.14. The SMILES string of the molecule is Cc1cnc(CC(=S)C[C@H]2CCc3sc(CC(=O)C4CC4)c(C(=O)NCC4CC4)c3C2)c(Cl)n1. The van der Waals surface area contributed by atoms with Gasteiger partial charge in [-0.05, 0) is 80.6 Å². The number of carbonyl (C=O) groups excluding carboxylic acids is 2. The third kappa shape index (κ3) is 5.74. The van der Waals surface area contributed by atoms with Crippen LogP contribution in [-0.2, 0) is 30.5 Å². The fourth-order valence-electron chi connectivity index (χ4n) is 4.80. The van der Waals surface area contributed by atoms with Crippen molar-refractivity contribution in [1.82, 2.24) is 15.3 Å².